The maximum absolute atomic E-state index is 12.4. The molecule has 0 saturated carbocycles. The molecule has 19 heavy (non-hydrogen) atoms. The van der Waals surface area contributed by atoms with E-state index < -0.39 is 40.6 Å². The number of hydrogen-bond acceptors (Lipinski definition) is 5. The Balaban J connectivity index is 3.24. The number of hydrogen-bond donors (Lipinski definition) is 2. The van der Waals surface area contributed by atoms with Gasteiger partial charge in [-0.2, -0.15) is 13.2 Å². The van der Waals surface area contributed by atoms with Gasteiger partial charge < -0.3 is 14.9 Å². The van der Waals surface area contributed by atoms with Crippen molar-refractivity contribution in [3.05, 3.63) is 23.3 Å². The minimum absolute atomic E-state index is 0.113. The van der Waals surface area contributed by atoms with E-state index in [2.05, 4.69) is 4.74 Å². The van der Waals surface area contributed by atoms with Crippen LogP contribution in [0.5, 0.6) is 11.5 Å². The lowest BCUT2D eigenvalue weighted by Gasteiger charge is -2.11. The van der Waals surface area contributed by atoms with Crippen molar-refractivity contribution in [1.29, 1.82) is 0 Å². The lowest BCUT2D eigenvalue weighted by Crippen LogP contribution is -2.18. The van der Waals surface area contributed by atoms with Crippen LogP contribution in [0.2, 0.25) is 0 Å². The fourth-order valence-corrected chi connectivity index (χ4v) is 1.30. The number of aromatic hydroxyl groups is 2. The number of alkyl halides is 3. The molecule has 0 amide bonds. The summed E-state index contributed by atoms with van der Waals surface area (Å²) in [6.45, 7) is 1.31. The molecule has 104 valence electrons. The summed E-state index contributed by atoms with van der Waals surface area (Å²) in [6, 6.07) is 0.985. The third-order valence-electron chi connectivity index (χ3n) is 2.16. The Labute approximate surface area is 105 Å². The van der Waals surface area contributed by atoms with Crippen LogP contribution in [0.15, 0.2) is 12.1 Å². The number of ether oxygens (including phenoxy) is 1. The minimum Gasteiger partial charge on any atom is -0.504 e. The van der Waals surface area contributed by atoms with Gasteiger partial charge in [0, 0.05) is 0 Å². The first-order valence-corrected chi connectivity index (χ1v) is 5.03. The molecule has 0 heterocycles. The minimum atomic E-state index is -4.90. The number of phenolic OH excluding ortho intramolecular Hbond substituents is 2. The van der Waals surface area contributed by atoms with Crippen LogP contribution in [0.4, 0.5) is 13.2 Å². The summed E-state index contributed by atoms with van der Waals surface area (Å²) in [5.74, 6) is -5.50. The first-order valence-electron chi connectivity index (χ1n) is 5.03. The van der Waals surface area contributed by atoms with E-state index in [1.54, 1.807) is 0 Å². The average Bonchev–Trinajstić information content (AvgIpc) is 2.30. The molecule has 1 aromatic carbocycles. The standard InChI is InChI=1S/C11H9F3O5/c1-2-19-10(18)8(16)5-3-4-6(11(12,13)14)9(17)7(5)15/h3-4,15,17H,2H2,1H3. The number of halogens is 3. The maximum atomic E-state index is 12.4. The van der Waals surface area contributed by atoms with Crippen molar-refractivity contribution < 1.29 is 37.7 Å². The van der Waals surface area contributed by atoms with Crippen LogP contribution in [0.1, 0.15) is 22.8 Å². The van der Waals surface area contributed by atoms with E-state index in [1.807, 2.05) is 0 Å². The van der Waals surface area contributed by atoms with Gasteiger partial charge in [-0.05, 0) is 19.1 Å². The van der Waals surface area contributed by atoms with Crippen molar-refractivity contribution in [2.75, 3.05) is 6.61 Å². The Hall–Kier alpha value is -2.25. The summed E-state index contributed by atoms with van der Waals surface area (Å²) in [6.07, 6.45) is -4.90. The molecule has 0 saturated heterocycles. The molecule has 0 aromatic heterocycles. The number of carbonyl (C=O) groups excluding carboxylic acids is 2. The first kappa shape index (κ1) is 14.8. The van der Waals surface area contributed by atoms with Gasteiger partial charge in [-0.25, -0.2) is 4.79 Å². The molecule has 1 aromatic rings. The van der Waals surface area contributed by atoms with Crippen LogP contribution in [0.25, 0.3) is 0 Å². The number of Topliss-reactive ketones (excluding diaryl/α,β-unsaturated/α-hetero) is 1. The van der Waals surface area contributed by atoms with Crippen LogP contribution in [0.3, 0.4) is 0 Å². The molecule has 0 bridgehead atoms. The maximum Gasteiger partial charge on any atom is 0.420 e. The van der Waals surface area contributed by atoms with Crippen LogP contribution in [-0.2, 0) is 15.7 Å². The summed E-state index contributed by atoms with van der Waals surface area (Å²) in [7, 11) is 0. The summed E-state index contributed by atoms with van der Waals surface area (Å²) in [4.78, 5) is 22.5. The third-order valence-corrected chi connectivity index (χ3v) is 2.16. The van der Waals surface area contributed by atoms with Crippen molar-refractivity contribution in [2.24, 2.45) is 0 Å². The molecule has 0 fully saturated rings. The number of benzene rings is 1. The van der Waals surface area contributed by atoms with E-state index in [9.17, 15) is 33.0 Å². The SMILES string of the molecule is CCOC(=O)C(=O)c1ccc(C(F)(F)F)c(O)c1O. The zero-order valence-corrected chi connectivity index (χ0v) is 9.61. The third kappa shape index (κ3) is 2.95. The molecule has 0 unspecified atom stereocenters. The number of rotatable bonds is 3. The molecule has 0 radical (unpaired) electrons. The second-order valence-electron chi connectivity index (χ2n) is 3.41. The van der Waals surface area contributed by atoms with E-state index in [-0.39, 0.29) is 6.61 Å². The van der Waals surface area contributed by atoms with Gasteiger partial charge in [0.25, 0.3) is 5.78 Å². The van der Waals surface area contributed by atoms with Crippen LogP contribution >= 0.6 is 0 Å². The van der Waals surface area contributed by atoms with Gasteiger partial charge in [0.15, 0.2) is 11.5 Å². The number of carbonyl (C=O) groups is 2. The summed E-state index contributed by atoms with van der Waals surface area (Å²) >= 11 is 0. The second-order valence-corrected chi connectivity index (χ2v) is 3.41. The Morgan fingerprint density at radius 3 is 2.26 bits per heavy atom. The average molecular weight is 278 g/mol. The second kappa shape index (κ2) is 5.17. The molecule has 0 aliphatic heterocycles. The van der Waals surface area contributed by atoms with E-state index in [1.165, 1.54) is 6.92 Å². The van der Waals surface area contributed by atoms with Crippen LogP contribution in [0, 0.1) is 0 Å². The van der Waals surface area contributed by atoms with Crippen molar-refractivity contribution in [3.8, 4) is 11.5 Å². The fraction of sp³-hybridized carbons (Fsp3) is 0.273. The van der Waals surface area contributed by atoms with Crippen molar-refractivity contribution in [3.63, 3.8) is 0 Å². The van der Waals surface area contributed by atoms with E-state index in [0.717, 1.165) is 0 Å². The van der Waals surface area contributed by atoms with Gasteiger partial charge in [-0.1, -0.05) is 0 Å². The van der Waals surface area contributed by atoms with Crippen molar-refractivity contribution in [2.45, 2.75) is 13.1 Å². The van der Waals surface area contributed by atoms with Gasteiger partial charge in [0.05, 0.1) is 12.2 Å². The number of ketones is 1. The fourth-order valence-electron chi connectivity index (χ4n) is 1.30. The molecule has 0 aliphatic rings. The van der Waals surface area contributed by atoms with E-state index in [0.29, 0.717) is 12.1 Å². The molecule has 2 N–H and O–H groups in total. The van der Waals surface area contributed by atoms with Gasteiger partial charge in [0.2, 0.25) is 0 Å². The summed E-state index contributed by atoms with van der Waals surface area (Å²) in [5.41, 5.74) is -2.27. The molecular formula is C11H9F3O5. The zero-order valence-electron chi connectivity index (χ0n) is 9.61. The van der Waals surface area contributed by atoms with Gasteiger partial charge >= 0.3 is 12.1 Å². The summed E-state index contributed by atoms with van der Waals surface area (Å²) < 4.78 is 41.5. The van der Waals surface area contributed by atoms with Gasteiger partial charge in [0.1, 0.15) is 5.56 Å². The Morgan fingerprint density at radius 1 is 1.21 bits per heavy atom. The van der Waals surface area contributed by atoms with Crippen LogP contribution < -0.4 is 0 Å². The smallest absolute Gasteiger partial charge is 0.420 e. The molecule has 0 spiro atoms. The highest BCUT2D eigenvalue weighted by molar-refractivity contribution is 6.41. The highest BCUT2D eigenvalue weighted by atomic mass is 19.4. The molecule has 8 heteroatoms. The quantitative estimate of drug-likeness (QED) is 0.381. The highest BCUT2D eigenvalue weighted by Crippen LogP contribution is 2.42. The van der Waals surface area contributed by atoms with Crippen LogP contribution in [-0.4, -0.2) is 28.6 Å². The molecule has 1 rings (SSSR count). The Kier molecular flexibility index (Phi) is 4.03. The Bertz CT molecular complexity index is 522. The highest BCUT2D eigenvalue weighted by Gasteiger charge is 2.36. The van der Waals surface area contributed by atoms with Gasteiger partial charge in [-0.3, -0.25) is 4.79 Å². The molecule has 0 atom stereocenters. The summed E-state index contributed by atoms with van der Waals surface area (Å²) in [5, 5.41) is 18.6. The van der Waals surface area contributed by atoms with Gasteiger partial charge in [-0.15, -0.1) is 0 Å². The zero-order chi connectivity index (χ0) is 14.8. The molecule has 0 aliphatic carbocycles. The topological polar surface area (TPSA) is 83.8 Å². The van der Waals surface area contributed by atoms with Crippen molar-refractivity contribution >= 4 is 11.8 Å². The predicted molar refractivity (Wildman–Crippen MR) is 55.7 cm³/mol. The monoisotopic (exact) mass is 278 g/mol. The molecular weight excluding hydrogens is 269 g/mol. The first-order chi connectivity index (χ1) is 8.70. The van der Waals surface area contributed by atoms with E-state index >= 15 is 0 Å². The number of phenols is 2. The molecule has 5 nitrogen and oxygen atoms in total. The predicted octanol–water partition coefficient (Wildman–Crippen LogP) is 1.86. The Morgan fingerprint density at radius 2 is 1.79 bits per heavy atom. The lowest BCUT2D eigenvalue weighted by atomic mass is 10.0. The van der Waals surface area contributed by atoms with Crippen molar-refractivity contribution in [1.82, 2.24) is 0 Å². The largest absolute Gasteiger partial charge is 0.504 e. The van der Waals surface area contributed by atoms with E-state index in [4.69, 9.17) is 0 Å². The lowest BCUT2D eigenvalue weighted by molar-refractivity contribution is -0.139. The normalized spacial score (nSPS) is 11.2. The number of esters is 1.